The van der Waals surface area contributed by atoms with Crippen molar-refractivity contribution in [3.63, 3.8) is 0 Å². The number of piperidine rings is 1. The molecule has 0 spiro atoms. The van der Waals surface area contributed by atoms with Gasteiger partial charge in [-0.1, -0.05) is 29.3 Å². The number of carbonyl (C=O) groups is 1. The summed E-state index contributed by atoms with van der Waals surface area (Å²) in [5, 5.41) is 0.490. The molecule has 0 unspecified atom stereocenters. The number of hydrogen-bond acceptors (Lipinski definition) is 3. The number of amides is 1. The first kappa shape index (κ1) is 22.0. The Morgan fingerprint density at radius 3 is 2.31 bits per heavy atom. The van der Waals surface area contributed by atoms with Gasteiger partial charge in [0.15, 0.2) is 0 Å². The maximum atomic E-state index is 14.3. The molecule has 156 valence electrons. The van der Waals surface area contributed by atoms with Crippen LogP contribution in [0.1, 0.15) is 24.8 Å². The van der Waals surface area contributed by atoms with Gasteiger partial charge in [-0.25, -0.2) is 12.8 Å². The number of rotatable bonds is 6. The van der Waals surface area contributed by atoms with Crippen LogP contribution in [0.3, 0.4) is 0 Å². The van der Waals surface area contributed by atoms with E-state index in [1.165, 1.54) is 42.5 Å². The van der Waals surface area contributed by atoms with Gasteiger partial charge >= 0.3 is 0 Å². The highest BCUT2D eigenvalue weighted by Crippen LogP contribution is 2.25. The van der Waals surface area contributed by atoms with Gasteiger partial charge in [0.05, 0.1) is 11.4 Å². The van der Waals surface area contributed by atoms with E-state index in [0.29, 0.717) is 18.1 Å². The van der Waals surface area contributed by atoms with E-state index in [1.807, 2.05) is 0 Å². The van der Waals surface area contributed by atoms with Gasteiger partial charge in [0.2, 0.25) is 15.9 Å². The van der Waals surface area contributed by atoms with Crippen molar-refractivity contribution in [3.8, 4) is 0 Å². The van der Waals surface area contributed by atoms with Crippen LogP contribution >= 0.6 is 23.2 Å². The van der Waals surface area contributed by atoms with Crippen molar-refractivity contribution >= 4 is 39.1 Å². The maximum Gasteiger partial charge on any atom is 0.243 e. The standard InChI is InChI=1S/C20H21Cl2FN2O3S/c21-15-7-9-16(10-8-15)29(27,28)25(13-17-18(22)5-4-6-19(17)23)14-20(26)24-11-2-1-3-12-24/h4-10H,1-3,11-14H2. The average molecular weight is 459 g/mol. The number of benzene rings is 2. The third-order valence-corrected chi connectivity index (χ3v) is 7.28. The molecule has 5 nitrogen and oxygen atoms in total. The Morgan fingerprint density at radius 1 is 1.03 bits per heavy atom. The van der Waals surface area contributed by atoms with Gasteiger partial charge in [-0.2, -0.15) is 4.31 Å². The molecule has 0 N–H and O–H groups in total. The van der Waals surface area contributed by atoms with E-state index >= 15 is 0 Å². The van der Waals surface area contributed by atoms with Crippen molar-refractivity contribution in [2.45, 2.75) is 30.7 Å². The summed E-state index contributed by atoms with van der Waals surface area (Å²) in [4.78, 5) is 14.4. The minimum absolute atomic E-state index is 0.0261. The maximum absolute atomic E-state index is 14.3. The summed E-state index contributed by atoms with van der Waals surface area (Å²) in [7, 11) is -4.08. The molecule has 1 aliphatic heterocycles. The predicted octanol–water partition coefficient (Wildman–Crippen LogP) is 4.34. The first-order valence-electron chi connectivity index (χ1n) is 9.25. The lowest BCUT2D eigenvalue weighted by atomic mass is 10.1. The Hall–Kier alpha value is -1.67. The number of likely N-dealkylation sites (tertiary alicyclic amines) is 1. The van der Waals surface area contributed by atoms with Crippen molar-refractivity contribution in [1.82, 2.24) is 9.21 Å². The molecule has 3 rings (SSSR count). The number of carbonyl (C=O) groups excluding carboxylic acids is 1. The van der Waals surface area contributed by atoms with Crippen LogP contribution in [0.2, 0.25) is 10.0 Å². The van der Waals surface area contributed by atoms with Crippen LogP contribution in [-0.2, 0) is 21.4 Å². The Balaban J connectivity index is 1.94. The second-order valence-electron chi connectivity index (χ2n) is 6.87. The largest absolute Gasteiger partial charge is 0.342 e. The topological polar surface area (TPSA) is 57.7 Å². The van der Waals surface area contributed by atoms with Crippen molar-refractivity contribution in [1.29, 1.82) is 0 Å². The molecule has 1 aliphatic rings. The van der Waals surface area contributed by atoms with Crippen molar-refractivity contribution in [3.05, 3.63) is 63.9 Å². The lowest BCUT2D eigenvalue weighted by molar-refractivity contribution is -0.132. The highest BCUT2D eigenvalue weighted by molar-refractivity contribution is 7.89. The van der Waals surface area contributed by atoms with E-state index in [0.717, 1.165) is 23.6 Å². The third-order valence-electron chi connectivity index (χ3n) is 4.87. The zero-order valence-electron chi connectivity index (χ0n) is 15.7. The van der Waals surface area contributed by atoms with Crippen LogP contribution in [0.25, 0.3) is 0 Å². The fourth-order valence-electron chi connectivity index (χ4n) is 3.24. The predicted molar refractivity (Wildman–Crippen MR) is 111 cm³/mol. The van der Waals surface area contributed by atoms with Gasteiger partial charge < -0.3 is 4.90 Å². The summed E-state index contributed by atoms with van der Waals surface area (Å²) in [6.07, 6.45) is 2.81. The van der Waals surface area contributed by atoms with Gasteiger partial charge in [-0.3, -0.25) is 4.79 Å². The second kappa shape index (κ2) is 9.43. The minimum Gasteiger partial charge on any atom is -0.342 e. The fraction of sp³-hybridized carbons (Fsp3) is 0.350. The first-order chi connectivity index (χ1) is 13.8. The highest BCUT2D eigenvalue weighted by Gasteiger charge is 2.30. The molecule has 1 fully saturated rings. The van der Waals surface area contributed by atoms with Crippen LogP contribution in [0.5, 0.6) is 0 Å². The Labute approximate surface area is 180 Å². The molecular weight excluding hydrogens is 438 g/mol. The summed E-state index contributed by atoms with van der Waals surface area (Å²) >= 11 is 12.0. The molecule has 29 heavy (non-hydrogen) atoms. The third kappa shape index (κ3) is 5.28. The van der Waals surface area contributed by atoms with Crippen molar-refractivity contribution in [2.75, 3.05) is 19.6 Å². The molecule has 0 bridgehead atoms. The lowest BCUT2D eigenvalue weighted by Gasteiger charge is -2.30. The molecule has 1 heterocycles. The Morgan fingerprint density at radius 2 is 1.69 bits per heavy atom. The van der Waals surface area contributed by atoms with E-state index in [9.17, 15) is 17.6 Å². The zero-order valence-corrected chi connectivity index (χ0v) is 18.0. The molecule has 1 saturated heterocycles. The van der Waals surface area contributed by atoms with Gasteiger partial charge in [0, 0.05) is 35.2 Å². The molecule has 2 aromatic carbocycles. The van der Waals surface area contributed by atoms with Crippen LogP contribution in [-0.4, -0.2) is 43.2 Å². The summed E-state index contributed by atoms with van der Waals surface area (Å²) in [5.74, 6) is -0.936. The first-order valence-corrected chi connectivity index (χ1v) is 11.4. The molecule has 1 amide bonds. The van der Waals surface area contributed by atoms with Gasteiger partial charge in [0.25, 0.3) is 0 Å². The molecule has 0 aromatic heterocycles. The molecule has 0 atom stereocenters. The molecule has 9 heteroatoms. The van der Waals surface area contributed by atoms with Gasteiger partial charge in [-0.05, 0) is 55.7 Å². The number of halogens is 3. The second-order valence-corrected chi connectivity index (χ2v) is 9.65. The zero-order chi connectivity index (χ0) is 21.0. The van der Waals surface area contributed by atoms with Crippen LogP contribution in [0.4, 0.5) is 4.39 Å². The molecule has 0 saturated carbocycles. The smallest absolute Gasteiger partial charge is 0.243 e. The van der Waals surface area contributed by atoms with Crippen molar-refractivity contribution in [2.24, 2.45) is 0 Å². The molecule has 0 aliphatic carbocycles. The number of sulfonamides is 1. The number of hydrogen-bond donors (Lipinski definition) is 0. The summed E-state index contributed by atoms with van der Waals surface area (Å²) < 4.78 is 41.8. The molecular formula is C20H21Cl2FN2O3S. The minimum atomic E-state index is -4.08. The Bertz CT molecular complexity index is 957. The summed E-state index contributed by atoms with van der Waals surface area (Å²) in [6.45, 7) is 0.438. The van der Waals surface area contributed by atoms with E-state index in [4.69, 9.17) is 23.2 Å². The lowest BCUT2D eigenvalue weighted by Crippen LogP contribution is -2.44. The monoisotopic (exact) mass is 458 g/mol. The quantitative estimate of drug-likeness (QED) is 0.646. The van der Waals surface area contributed by atoms with Crippen molar-refractivity contribution < 1.29 is 17.6 Å². The SMILES string of the molecule is O=C(CN(Cc1c(F)cccc1Cl)S(=O)(=O)c1ccc(Cl)cc1)N1CCCCC1. The summed E-state index contributed by atoms with van der Waals surface area (Å²) in [6, 6.07) is 9.76. The van der Waals surface area contributed by atoms with E-state index in [2.05, 4.69) is 0 Å². The van der Waals surface area contributed by atoms with E-state index in [1.54, 1.807) is 4.90 Å². The average Bonchev–Trinajstić information content (AvgIpc) is 2.70. The van der Waals surface area contributed by atoms with Crippen LogP contribution < -0.4 is 0 Å². The fourth-order valence-corrected chi connectivity index (χ4v) is 4.94. The molecule has 0 radical (unpaired) electrons. The highest BCUT2D eigenvalue weighted by atomic mass is 35.5. The van der Waals surface area contributed by atoms with Gasteiger partial charge in [-0.15, -0.1) is 0 Å². The molecule has 2 aromatic rings. The van der Waals surface area contributed by atoms with E-state index in [-0.39, 0.29) is 27.9 Å². The number of nitrogens with zero attached hydrogens (tertiary/aromatic N) is 2. The van der Waals surface area contributed by atoms with Crippen LogP contribution in [0, 0.1) is 5.82 Å². The Kier molecular flexibility index (Phi) is 7.16. The van der Waals surface area contributed by atoms with Gasteiger partial charge in [0.1, 0.15) is 5.82 Å². The summed E-state index contributed by atoms with van der Waals surface area (Å²) in [5.41, 5.74) is 0.0261. The van der Waals surface area contributed by atoms with Crippen LogP contribution in [0.15, 0.2) is 47.4 Å². The van der Waals surface area contributed by atoms with E-state index < -0.39 is 22.4 Å². The normalized spacial score (nSPS) is 15.0.